The summed E-state index contributed by atoms with van der Waals surface area (Å²) in [5.41, 5.74) is 1.29. The number of esters is 1. The first-order chi connectivity index (χ1) is 14.3. The molecule has 1 N–H and O–H groups in total. The van der Waals surface area contributed by atoms with Crippen LogP contribution >= 0.6 is 0 Å². The molecule has 0 fully saturated rings. The van der Waals surface area contributed by atoms with Crippen molar-refractivity contribution in [2.24, 2.45) is 0 Å². The topological polar surface area (TPSA) is 75.7 Å². The average Bonchev–Trinajstić information content (AvgIpc) is 2.72. The predicted octanol–water partition coefficient (Wildman–Crippen LogP) is 3.74. The summed E-state index contributed by atoms with van der Waals surface area (Å²) in [6.45, 7) is 7.37. The van der Waals surface area contributed by atoms with Crippen molar-refractivity contribution in [1.29, 1.82) is 0 Å². The van der Waals surface area contributed by atoms with Gasteiger partial charge in [-0.3, -0.25) is 14.4 Å². The number of hydrogen-bond donors (Lipinski definition) is 1. The van der Waals surface area contributed by atoms with E-state index in [2.05, 4.69) is 5.32 Å². The Morgan fingerprint density at radius 2 is 1.40 bits per heavy atom. The lowest BCUT2D eigenvalue weighted by molar-refractivity contribution is -0.154. The number of carbonyl (C=O) groups excluding carboxylic acids is 3. The quantitative estimate of drug-likeness (QED) is 0.639. The predicted molar refractivity (Wildman–Crippen MR) is 116 cm³/mol. The highest BCUT2D eigenvalue weighted by Gasteiger charge is 2.24. The van der Waals surface area contributed by atoms with Gasteiger partial charge in [-0.2, -0.15) is 0 Å². The van der Waals surface area contributed by atoms with Gasteiger partial charge in [0.05, 0.1) is 12.5 Å². The van der Waals surface area contributed by atoms with Crippen LogP contribution in [0.25, 0.3) is 0 Å². The molecule has 0 aromatic heterocycles. The summed E-state index contributed by atoms with van der Waals surface area (Å²) in [4.78, 5) is 39.2. The minimum atomic E-state index is -0.562. The Morgan fingerprint density at radius 1 is 0.867 bits per heavy atom. The number of ether oxygens (including phenoxy) is 1. The Balaban J connectivity index is 2.04. The second-order valence-corrected chi connectivity index (χ2v) is 7.66. The molecule has 0 aliphatic heterocycles. The van der Waals surface area contributed by atoms with Crippen molar-refractivity contribution >= 4 is 17.8 Å². The van der Waals surface area contributed by atoms with Crippen LogP contribution in [0.2, 0.25) is 0 Å². The van der Waals surface area contributed by atoms with Gasteiger partial charge in [0.2, 0.25) is 0 Å². The average molecular weight is 411 g/mol. The number of benzene rings is 2. The van der Waals surface area contributed by atoms with Crippen molar-refractivity contribution in [2.75, 3.05) is 6.61 Å². The molecule has 0 aliphatic rings. The van der Waals surface area contributed by atoms with Gasteiger partial charge >= 0.3 is 5.97 Å². The Kier molecular flexibility index (Phi) is 8.59. The fourth-order valence-electron chi connectivity index (χ4n) is 3.38. The molecule has 0 heterocycles. The SMILES string of the molecule is CC(C)N(C(=O)COC(=O)CC(NC(=O)c1ccccc1)c1ccccc1)C(C)C. The molecule has 6 heteroatoms. The van der Waals surface area contributed by atoms with Crippen LogP contribution in [-0.4, -0.2) is 41.4 Å². The maximum absolute atomic E-state index is 12.6. The fraction of sp³-hybridized carbons (Fsp3) is 0.375. The van der Waals surface area contributed by atoms with Gasteiger partial charge in [-0.05, 0) is 45.4 Å². The third kappa shape index (κ3) is 6.72. The lowest BCUT2D eigenvalue weighted by Gasteiger charge is -2.30. The van der Waals surface area contributed by atoms with Crippen molar-refractivity contribution < 1.29 is 19.1 Å². The molecule has 6 nitrogen and oxygen atoms in total. The summed E-state index contributed by atoms with van der Waals surface area (Å²) in [5, 5.41) is 2.89. The molecule has 1 unspecified atom stereocenters. The largest absolute Gasteiger partial charge is 0.455 e. The zero-order valence-electron chi connectivity index (χ0n) is 18.0. The molecule has 0 saturated carbocycles. The van der Waals surface area contributed by atoms with E-state index in [-0.39, 0.29) is 36.9 Å². The number of rotatable bonds is 9. The zero-order valence-corrected chi connectivity index (χ0v) is 18.0. The van der Waals surface area contributed by atoms with E-state index in [1.54, 1.807) is 29.2 Å². The number of carbonyl (C=O) groups is 3. The normalized spacial score (nSPS) is 11.8. The molecule has 30 heavy (non-hydrogen) atoms. The highest BCUT2D eigenvalue weighted by molar-refractivity contribution is 5.94. The molecule has 2 aromatic rings. The molecule has 1 atom stereocenters. The van der Waals surface area contributed by atoms with E-state index in [1.807, 2.05) is 64.1 Å². The van der Waals surface area contributed by atoms with Gasteiger partial charge in [-0.1, -0.05) is 48.5 Å². The van der Waals surface area contributed by atoms with Crippen LogP contribution in [0.1, 0.15) is 56.1 Å². The van der Waals surface area contributed by atoms with Gasteiger partial charge in [0.15, 0.2) is 6.61 Å². The molecule has 2 rings (SSSR count). The first-order valence-electron chi connectivity index (χ1n) is 10.2. The second-order valence-electron chi connectivity index (χ2n) is 7.66. The van der Waals surface area contributed by atoms with E-state index in [4.69, 9.17) is 4.74 Å². The number of nitrogens with zero attached hydrogens (tertiary/aromatic N) is 1. The van der Waals surface area contributed by atoms with Crippen LogP contribution in [0.4, 0.5) is 0 Å². The van der Waals surface area contributed by atoms with E-state index in [1.165, 1.54) is 0 Å². The van der Waals surface area contributed by atoms with E-state index >= 15 is 0 Å². The Hall–Kier alpha value is -3.15. The number of amides is 2. The minimum Gasteiger partial charge on any atom is -0.455 e. The van der Waals surface area contributed by atoms with Crippen molar-refractivity contribution in [3.05, 3.63) is 71.8 Å². The summed E-state index contributed by atoms with van der Waals surface area (Å²) < 4.78 is 5.24. The first kappa shape index (κ1) is 23.1. The zero-order chi connectivity index (χ0) is 22.1. The lowest BCUT2D eigenvalue weighted by atomic mass is 10.0. The number of hydrogen-bond acceptors (Lipinski definition) is 4. The van der Waals surface area contributed by atoms with Crippen LogP contribution < -0.4 is 5.32 Å². The Morgan fingerprint density at radius 3 is 1.93 bits per heavy atom. The smallest absolute Gasteiger partial charge is 0.308 e. The highest BCUT2D eigenvalue weighted by atomic mass is 16.5. The molecule has 0 bridgehead atoms. The lowest BCUT2D eigenvalue weighted by Crippen LogP contribution is -2.44. The van der Waals surface area contributed by atoms with Gasteiger partial charge in [0, 0.05) is 17.6 Å². The molecule has 0 spiro atoms. The van der Waals surface area contributed by atoms with E-state index in [9.17, 15) is 14.4 Å². The van der Waals surface area contributed by atoms with Crippen LogP contribution in [0.15, 0.2) is 60.7 Å². The van der Waals surface area contributed by atoms with E-state index in [0.29, 0.717) is 5.56 Å². The molecule has 2 aromatic carbocycles. The van der Waals surface area contributed by atoms with Crippen LogP contribution in [0.3, 0.4) is 0 Å². The molecule has 0 aliphatic carbocycles. The third-order valence-corrected chi connectivity index (χ3v) is 4.67. The van der Waals surface area contributed by atoms with Crippen LogP contribution in [0, 0.1) is 0 Å². The minimum absolute atomic E-state index is 0.0124. The highest BCUT2D eigenvalue weighted by Crippen LogP contribution is 2.18. The summed E-state index contributed by atoms with van der Waals surface area (Å²) in [5.74, 6) is -1.06. The Labute approximate surface area is 178 Å². The second kappa shape index (κ2) is 11.1. The Bertz CT molecular complexity index is 827. The first-order valence-corrected chi connectivity index (χ1v) is 10.2. The van der Waals surface area contributed by atoms with E-state index in [0.717, 1.165) is 5.56 Å². The summed E-state index contributed by atoms with van der Waals surface area (Å²) in [7, 11) is 0. The molecular formula is C24H30N2O4. The monoisotopic (exact) mass is 410 g/mol. The van der Waals surface area contributed by atoms with Crippen LogP contribution in [-0.2, 0) is 14.3 Å². The van der Waals surface area contributed by atoms with E-state index < -0.39 is 12.0 Å². The summed E-state index contributed by atoms with van der Waals surface area (Å²) in [6.07, 6.45) is -0.0702. The van der Waals surface area contributed by atoms with Crippen molar-refractivity contribution in [1.82, 2.24) is 10.2 Å². The molecular weight excluding hydrogens is 380 g/mol. The summed E-state index contributed by atoms with van der Waals surface area (Å²) in [6, 6.07) is 17.5. The summed E-state index contributed by atoms with van der Waals surface area (Å²) >= 11 is 0. The van der Waals surface area contributed by atoms with Gasteiger partial charge in [-0.25, -0.2) is 0 Å². The third-order valence-electron chi connectivity index (χ3n) is 4.67. The standard InChI is InChI=1S/C24H30N2O4/c1-17(2)26(18(3)4)22(27)16-30-23(28)15-21(19-11-7-5-8-12-19)25-24(29)20-13-9-6-10-14-20/h5-14,17-18,21H,15-16H2,1-4H3,(H,25,29). The molecule has 0 radical (unpaired) electrons. The van der Waals surface area contributed by atoms with Gasteiger partial charge < -0.3 is 15.0 Å². The molecule has 160 valence electrons. The van der Waals surface area contributed by atoms with Crippen molar-refractivity contribution in [3.8, 4) is 0 Å². The molecule has 0 saturated heterocycles. The van der Waals surface area contributed by atoms with Crippen molar-refractivity contribution in [3.63, 3.8) is 0 Å². The van der Waals surface area contributed by atoms with Gasteiger partial charge in [0.25, 0.3) is 11.8 Å². The fourth-order valence-corrected chi connectivity index (χ4v) is 3.38. The maximum atomic E-state index is 12.6. The van der Waals surface area contributed by atoms with Crippen LogP contribution in [0.5, 0.6) is 0 Å². The van der Waals surface area contributed by atoms with Gasteiger partial charge in [-0.15, -0.1) is 0 Å². The van der Waals surface area contributed by atoms with Crippen molar-refractivity contribution in [2.45, 2.75) is 52.2 Å². The molecule has 2 amide bonds. The maximum Gasteiger partial charge on any atom is 0.308 e. The van der Waals surface area contributed by atoms with Gasteiger partial charge in [0.1, 0.15) is 0 Å². The number of nitrogens with one attached hydrogen (secondary N) is 1.